The van der Waals surface area contributed by atoms with Gasteiger partial charge < -0.3 is 19.8 Å². The predicted molar refractivity (Wildman–Crippen MR) is 99.0 cm³/mol. The van der Waals surface area contributed by atoms with Crippen LogP contribution in [0, 0.1) is 0 Å². The van der Waals surface area contributed by atoms with E-state index in [0.29, 0.717) is 50.3 Å². The van der Waals surface area contributed by atoms with Gasteiger partial charge in [-0.25, -0.2) is 0 Å². The molecule has 0 saturated carbocycles. The van der Waals surface area contributed by atoms with E-state index in [1.54, 1.807) is 17.0 Å². The van der Waals surface area contributed by atoms with Crippen molar-refractivity contribution in [1.29, 1.82) is 0 Å². The quantitative estimate of drug-likeness (QED) is 0.865. The number of ether oxygens (including phenoxy) is 1. The van der Waals surface area contributed by atoms with Gasteiger partial charge in [0.2, 0.25) is 0 Å². The normalized spacial score (nSPS) is 20.5. The molecule has 1 fully saturated rings. The minimum atomic E-state index is -1.08. The monoisotopic (exact) mass is 355 g/mol. The first-order chi connectivity index (χ1) is 12.6. The third-order valence-electron chi connectivity index (χ3n) is 4.85. The van der Waals surface area contributed by atoms with Crippen molar-refractivity contribution in [3.63, 3.8) is 0 Å². The van der Waals surface area contributed by atoms with Crippen molar-refractivity contribution >= 4 is 5.91 Å². The van der Waals surface area contributed by atoms with Gasteiger partial charge in [0.05, 0.1) is 17.8 Å². The third kappa shape index (κ3) is 4.42. The molecule has 1 amide bonds. The van der Waals surface area contributed by atoms with Crippen LogP contribution in [-0.2, 0) is 6.61 Å². The van der Waals surface area contributed by atoms with Crippen LogP contribution in [0.25, 0.3) is 0 Å². The summed E-state index contributed by atoms with van der Waals surface area (Å²) in [4.78, 5) is 14.7. The lowest BCUT2D eigenvalue weighted by Gasteiger charge is -2.25. The standard InChI is InChI=1S/C21H25NO4/c23-16-21(25)11-6-13-22(14-12-21)20(24)18-9-4-5-10-19(18)26-15-17-7-2-1-3-8-17/h1-5,7-10,23,25H,6,11-16H2/t21-/m0/s1. The van der Waals surface area contributed by atoms with Crippen molar-refractivity contribution in [3.8, 4) is 5.75 Å². The number of aliphatic hydroxyl groups excluding tert-OH is 1. The Hall–Kier alpha value is -2.37. The molecule has 26 heavy (non-hydrogen) atoms. The number of hydrogen-bond donors (Lipinski definition) is 2. The lowest BCUT2D eigenvalue weighted by Crippen LogP contribution is -2.36. The van der Waals surface area contributed by atoms with Gasteiger partial charge in [-0.15, -0.1) is 0 Å². The van der Waals surface area contributed by atoms with Gasteiger partial charge in [0.25, 0.3) is 5.91 Å². The van der Waals surface area contributed by atoms with Crippen LogP contribution in [0.15, 0.2) is 54.6 Å². The van der Waals surface area contributed by atoms with Gasteiger partial charge in [0.1, 0.15) is 12.4 Å². The number of aliphatic hydroxyl groups is 2. The van der Waals surface area contributed by atoms with Crippen molar-refractivity contribution in [2.45, 2.75) is 31.5 Å². The van der Waals surface area contributed by atoms with Crippen LogP contribution < -0.4 is 4.74 Å². The van der Waals surface area contributed by atoms with Gasteiger partial charge in [-0.3, -0.25) is 4.79 Å². The molecular formula is C21H25NO4. The molecule has 5 heteroatoms. The second kappa shape index (κ2) is 8.34. The van der Waals surface area contributed by atoms with Gasteiger partial charge in [-0.05, 0) is 37.0 Å². The van der Waals surface area contributed by atoms with E-state index in [-0.39, 0.29) is 12.5 Å². The summed E-state index contributed by atoms with van der Waals surface area (Å²) in [5, 5.41) is 19.6. The van der Waals surface area contributed by atoms with Crippen LogP contribution >= 0.6 is 0 Å². The van der Waals surface area contributed by atoms with Gasteiger partial charge in [-0.1, -0.05) is 42.5 Å². The molecule has 1 saturated heterocycles. The fourth-order valence-corrected chi connectivity index (χ4v) is 3.21. The van der Waals surface area contributed by atoms with E-state index in [9.17, 15) is 15.0 Å². The molecule has 1 atom stereocenters. The maximum Gasteiger partial charge on any atom is 0.257 e. The SMILES string of the molecule is O=C(c1ccccc1OCc1ccccc1)N1CCC[C@@](O)(CO)CC1. The molecule has 5 nitrogen and oxygen atoms in total. The van der Waals surface area contributed by atoms with E-state index >= 15 is 0 Å². The van der Waals surface area contributed by atoms with Crippen molar-refractivity contribution < 1.29 is 19.7 Å². The Morgan fingerprint density at radius 1 is 1.04 bits per heavy atom. The summed E-state index contributed by atoms with van der Waals surface area (Å²) in [6, 6.07) is 17.1. The highest BCUT2D eigenvalue weighted by Crippen LogP contribution is 2.26. The minimum Gasteiger partial charge on any atom is -0.488 e. The summed E-state index contributed by atoms with van der Waals surface area (Å²) < 4.78 is 5.89. The number of rotatable bonds is 5. The highest BCUT2D eigenvalue weighted by Gasteiger charge is 2.31. The average Bonchev–Trinajstić information content (AvgIpc) is 2.89. The molecule has 0 spiro atoms. The van der Waals surface area contributed by atoms with Crippen LogP contribution in [0.1, 0.15) is 35.2 Å². The molecule has 2 aromatic rings. The fourth-order valence-electron chi connectivity index (χ4n) is 3.21. The summed E-state index contributed by atoms with van der Waals surface area (Å²) in [5.41, 5.74) is 0.480. The van der Waals surface area contributed by atoms with E-state index in [4.69, 9.17) is 4.74 Å². The van der Waals surface area contributed by atoms with Crippen LogP contribution in [-0.4, -0.2) is 46.3 Å². The number of benzene rings is 2. The summed E-state index contributed by atoms with van der Waals surface area (Å²) in [7, 11) is 0. The molecule has 138 valence electrons. The molecular weight excluding hydrogens is 330 g/mol. The molecule has 0 aliphatic carbocycles. The summed E-state index contributed by atoms with van der Waals surface area (Å²) in [6.45, 7) is 1.11. The highest BCUT2D eigenvalue weighted by molar-refractivity contribution is 5.97. The number of para-hydroxylation sites is 1. The number of nitrogens with zero attached hydrogens (tertiary/aromatic N) is 1. The van der Waals surface area contributed by atoms with Gasteiger partial charge in [-0.2, -0.15) is 0 Å². The van der Waals surface area contributed by atoms with Gasteiger partial charge >= 0.3 is 0 Å². The number of hydrogen-bond acceptors (Lipinski definition) is 4. The van der Waals surface area contributed by atoms with Crippen molar-refractivity contribution in [1.82, 2.24) is 4.90 Å². The zero-order valence-corrected chi connectivity index (χ0v) is 14.8. The molecule has 3 rings (SSSR count). The molecule has 0 bridgehead atoms. The molecule has 0 radical (unpaired) electrons. The first-order valence-corrected chi connectivity index (χ1v) is 9.00. The van der Waals surface area contributed by atoms with Crippen LogP contribution in [0.2, 0.25) is 0 Å². The fraction of sp³-hybridized carbons (Fsp3) is 0.381. The Labute approximate surface area is 153 Å². The van der Waals surface area contributed by atoms with Crippen molar-refractivity contribution in [2.75, 3.05) is 19.7 Å². The van der Waals surface area contributed by atoms with Gasteiger partial charge in [0, 0.05) is 13.1 Å². The van der Waals surface area contributed by atoms with E-state index in [1.165, 1.54) is 0 Å². The van der Waals surface area contributed by atoms with E-state index in [0.717, 1.165) is 5.56 Å². The number of carbonyl (C=O) groups excluding carboxylic acids is 1. The second-order valence-corrected chi connectivity index (χ2v) is 6.80. The molecule has 1 heterocycles. The van der Waals surface area contributed by atoms with Crippen LogP contribution in [0.3, 0.4) is 0 Å². The zero-order valence-electron chi connectivity index (χ0n) is 14.8. The van der Waals surface area contributed by atoms with Crippen LogP contribution in [0.5, 0.6) is 5.75 Å². The molecule has 1 aliphatic rings. The van der Waals surface area contributed by atoms with E-state index in [1.807, 2.05) is 42.5 Å². The Morgan fingerprint density at radius 3 is 2.54 bits per heavy atom. The zero-order chi connectivity index (χ0) is 18.4. The maximum atomic E-state index is 13.0. The highest BCUT2D eigenvalue weighted by atomic mass is 16.5. The molecule has 2 N–H and O–H groups in total. The predicted octanol–water partition coefficient (Wildman–Crippen LogP) is 2.62. The van der Waals surface area contributed by atoms with Crippen molar-refractivity contribution in [3.05, 3.63) is 65.7 Å². The first kappa shape index (κ1) is 18.4. The third-order valence-corrected chi connectivity index (χ3v) is 4.85. The van der Waals surface area contributed by atoms with Gasteiger partial charge in [0.15, 0.2) is 0 Å². The molecule has 2 aromatic carbocycles. The number of likely N-dealkylation sites (tertiary alicyclic amines) is 1. The Kier molecular flexibility index (Phi) is 5.91. The first-order valence-electron chi connectivity index (χ1n) is 9.00. The number of carbonyl (C=O) groups is 1. The largest absolute Gasteiger partial charge is 0.488 e. The summed E-state index contributed by atoms with van der Waals surface area (Å²) >= 11 is 0. The molecule has 1 aliphatic heterocycles. The van der Waals surface area contributed by atoms with Crippen LogP contribution in [0.4, 0.5) is 0 Å². The molecule has 0 unspecified atom stereocenters. The Bertz CT molecular complexity index is 734. The smallest absolute Gasteiger partial charge is 0.257 e. The second-order valence-electron chi connectivity index (χ2n) is 6.80. The Balaban J connectivity index is 1.71. The number of amides is 1. The van der Waals surface area contributed by atoms with E-state index < -0.39 is 5.60 Å². The lowest BCUT2D eigenvalue weighted by atomic mass is 9.96. The van der Waals surface area contributed by atoms with E-state index in [2.05, 4.69) is 0 Å². The summed E-state index contributed by atoms with van der Waals surface area (Å²) in [5.74, 6) is 0.457. The molecule has 0 aromatic heterocycles. The minimum absolute atomic E-state index is 0.101. The maximum absolute atomic E-state index is 13.0. The topological polar surface area (TPSA) is 70.0 Å². The summed E-state index contributed by atoms with van der Waals surface area (Å²) in [6.07, 6.45) is 1.54. The average molecular weight is 355 g/mol. The Morgan fingerprint density at radius 2 is 1.77 bits per heavy atom. The van der Waals surface area contributed by atoms with Crippen molar-refractivity contribution in [2.24, 2.45) is 0 Å². The lowest BCUT2D eigenvalue weighted by molar-refractivity contribution is -0.0250.